The van der Waals surface area contributed by atoms with E-state index in [0.717, 1.165) is 49.3 Å². The predicted octanol–water partition coefficient (Wildman–Crippen LogP) is 2.64. The number of nitrogens with zero attached hydrogens (tertiary/aromatic N) is 2. The van der Waals surface area contributed by atoms with E-state index in [4.69, 9.17) is 16.3 Å². The lowest BCUT2D eigenvalue weighted by atomic mass is 10.1. The average Bonchev–Trinajstić information content (AvgIpc) is 3.19. The van der Waals surface area contributed by atoms with Gasteiger partial charge in [-0.3, -0.25) is 9.89 Å². The number of morpholine rings is 1. The van der Waals surface area contributed by atoms with Gasteiger partial charge in [0.05, 0.1) is 29.6 Å². The number of benzene rings is 1. The number of fused-ring (bicyclic) bond motifs is 1. The molecule has 7 heteroatoms. The zero-order valence-corrected chi connectivity index (χ0v) is 14.0. The number of carbonyl (C=O) groups excluding carboxylic acids is 1. The maximum absolute atomic E-state index is 12.7. The summed E-state index contributed by atoms with van der Waals surface area (Å²) in [5, 5.41) is 10.8. The van der Waals surface area contributed by atoms with E-state index in [1.807, 2.05) is 18.2 Å². The van der Waals surface area contributed by atoms with Gasteiger partial charge >= 0.3 is 0 Å². The Labute approximate surface area is 145 Å². The first kappa shape index (κ1) is 15.5. The van der Waals surface area contributed by atoms with Gasteiger partial charge < -0.3 is 15.0 Å². The molecule has 2 aliphatic rings. The zero-order valence-electron chi connectivity index (χ0n) is 13.3. The molecule has 1 fully saturated rings. The van der Waals surface area contributed by atoms with Crippen LogP contribution in [0.1, 0.15) is 28.2 Å². The number of aryl methyl sites for hydroxylation is 1. The SMILES string of the molecule is O=C(Nc1cccc(Cl)c1N1CCOCC1)c1n[nH]c2c1CCC2. The van der Waals surface area contributed by atoms with Crippen LogP contribution in [0.25, 0.3) is 0 Å². The third kappa shape index (κ3) is 2.76. The summed E-state index contributed by atoms with van der Waals surface area (Å²) < 4.78 is 5.41. The molecule has 126 valence electrons. The largest absolute Gasteiger partial charge is 0.378 e. The van der Waals surface area contributed by atoms with Gasteiger partial charge in [0.25, 0.3) is 5.91 Å². The number of carbonyl (C=O) groups is 1. The molecule has 1 aliphatic carbocycles. The van der Waals surface area contributed by atoms with Crippen LogP contribution in [0.4, 0.5) is 11.4 Å². The number of anilines is 2. The molecule has 1 saturated heterocycles. The molecule has 1 aromatic heterocycles. The Hall–Kier alpha value is -2.05. The summed E-state index contributed by atoms with van der Waals surface area (Å²) >= 11 is 6.41. The fourth-order valence-electron chi connectivity index (χ4n) is 3.41. The number of nitrogens with one attached hydrogen (secondary N) is 2. The van der Waals surface area contributed by atoms with E-state index in [1.165, 1.54) is 0 Å². The molecule has 4 rings (SSSR count). The van der Waals surface area contributed by atoms with E-state index >= 15 is 0 Å². The molecule has 0 radical (unpaired) electrons. The third-order valence-corrected chi connectivity index (χ3v) is 4.89. The molecule has 2 aromatic rings. The van der Waals surface area contributed by atoms with Gasteiger partial charge in [-0.1, -0.05) is 17.7 Å². The first-order valence-corrected chi connectivity index (χ1v) is 8.60. The van der Waals surface area contributed by atoms with E-state index < -0.39 is 0 Å². The second-order valence-electron chi connectivity index (χ2n) is 6.07. The third-order valence-electron chi connectivity index (χ3n) is 4.58. The zero-order chi connectivity index (χ0) is 16.5. The lowest BCUT2D eigenvalue weighted by Gasteiger charge is -2.31. The van der Waals surface area contributed by atoms with Crippen LogP contribution in [0.2, 0.25) is 5.02 Å². The Morgan fingerprint density at radius 3 is 2.96 bits per heavy atom. The van der Waals surface area contributed by atoms with Gasteiger partial charge in [-0.05, 0) is 31.4 Å². The highest BCUT2D eigenvalue weighted by Gasteiger charge is 2.25. The van der Waals surface area contributed by atoms with Crippen LogP contribution >= 0.6 is 11.6 Å². The lowest BCUT2D eigenvalue weighted by molar-refractivity contribution is 0.102. The molecule has 0 bridgehead atoms. The van der Waals surface area contributed by atoms with Crippen molar-refractivity contribution in [3.63, 3.8) is 0 Å². The summed E-state index contributed by atoms with van der Waals surface area (Å²) in [5.74, 6) is -0.189. The minimum absolute atomic E-state index is 0.189. The number of rotatable bonds is 3. The van der Waals surface area contributed by atoms with E-state index in [2.05, 4.69) is 20.4 Å². The smallest absolute Gasteiger partial charge is 0.276 e. The summed E-state index contributed by atoms with van der Waals surface area (Å²) in [5.41, 5.74) is 4.18. The maximum atomic E-state index is 12.7. The molecule has 0 unspecified atom stereocenters. The number of para-hydroxylation sites is 1. The quantitative estimate of drug-likeness (QED) is 0.896. The summed E-state index contributed by atoms with van der Waals surface area (Å²) in [6.07, 6.45) is 2.94. The van der Waals surface area contributed by atoms with Gasteiger partial charge in [-0.2, -0.15) is 5.10 Å². The molecule has 1 amide bonds. The van der Waals surface area contributed by atoms with Gasteiger partial charge in [0.1, 0.15) is 0 Å². The van der Waals surface area contributed by atoms with Crippen molar-refractivity contribution in [1.29, 1.82) is 0 Å². The van der Waals surface area contributed by atoms with Crippen LogP contribution < -0.4 is 10.2 Å². The highest BCUT2D eigenvalue weighted by Crippen LogP contribution is 2.35. The summed E-state index contributed by atoms with van der Waals surface area (Å²) in [7, 11) is 0. The molecule has 0 spiro atoms. The van der Waals surface area contributed by atoms with Crippen molar-refractivity contribution in [2.45, 2.75) is 19.3 Å². The molecule has 2 heterocycles. The second kappa shape index (κ2) is 6.45. The predicted molar refractivity (Wildman–Crippen MR) is 93.0 cm³/mol. The molecular formula is C17H19ClN4O2. The van der Waals surface area contributed by atoms with Crippen LogP contribution in [-0.2, 0) is 17.6 Å². The highest BCUT2D eigenvalue weighted by atomic mass is 35.5. The van der Waals surface area contributed by atoms with Gasteiger partial charge in [0, 0.05) is 24.3 Å². The van der Waals surface area contributed by atoms with E-state index in [9.17, 15) is 4.79 Å². The number of hydrogen-bond donors (Lipinski definition) is 2. The lowest BCUT2D eigenvalue weighted by Crippen LogP contribution is -2.37. The van der Waals surface area contributed by atoms with Crippen LogP contribution in [0.3, 0.4) is 0 Å². The number of H-pyrrole nitrogens is 1. The average molecular weight is 347 g/mol. The Morgan fingerprint density at radius 2 is 2.12 bits per heavy atom. The van der Waals surface area contributed by atoms with Crippen LogP contribution in [0.5, 0.6) is 0 Å². The Bertz CT molecular complexity index is 768. The fourth-order valence-corrected chi connectivity index (χ4v) is 3.71. The first-order chi connectivity index (χ1) is 11.7. The van der Waals surface area contributed by atoms with Crippen molar-refractivity contribution in [1.82, 2.24) is 10.2 Å². The topological polar surface area (TPSA) is 70.2 Å². The highest BCUT2D eigenvalue weighted by molar-refractivity contribution is 6.34. The second-order valence-corrected chi connectivity index (χ2v) is 6.48. The molecular weight excluding hydrogens is 328 g/mol. The van der Waals surface area contributed by atoms with E-state index in [-0.39, 0.29) is 5.91 Å². The van der Waals surface area contributed by atoms with Crippen molar-refractivity contribution >= 4 is 28.9 Å². The molecule has 0 saturated carbocycles. The fraction of sp³-hybridized carbons (Fsp3) is 0.412. The maximum Gasteiger partial charge on any atom is 0.276 e. The summed E-state index contributed by atoms with van der Waals surface area (Å²) in [6.45, 7) is 2.83. The first-order valence-electron chi connectivity index (χ1n) is 8.22. The molecule has 2 N–H and O–H groups in total. The summed E-state index contributed by atoms with van der Waals surface area (Å²) in [6, 6.07) is 5.56. The number of hydrogen-bond acceptors (Lipinski definition) is 4. The molecule has 6 nitrogen and oxygen atoms in total. The number of halogens is 1. The molecule has 24 heavy (non-hydrogen) atoms. The van der Waals surface area contributed by atoms with Crippen molar-refractivity contribution in [2.24, 2.45) is 0 Å². The Morgan fingerprint density at radius 1 is 1.29 bits per heavy atom. The number of aromatic amines is 1. The van der Waals surface area contributed by atoms with Gasteiger partial charge in [0.2, 0.25) is 0 Å². The van der Waals surface area contributed by atoms with Gasteiger partial charge in [-0.15, -0.1) is 0 Å². The van der Waals surface area contributed by atoms with Gasteiger partial charge in [-0.25, -0.2) is 0 Å². The standard InChI is InChI=1S/C17H19ClN4O2/c18-12-4-2-6-14(16(12)22-7-9-24-10-8-22)19-17(23)15-11-3-1-5-13(11)20-21-15/h2,4,6H,1,3,5,7-10H2,(H,19,23)(H,20,21). The summed E-state index contributed by atoms with van der Waals surface area (Å²) in [4.78, 5) is 14.9. The van der Waals surface area contributed by atoms with Crippen LogP contribution in [-0.4, -0.2) is 42.4 Å². The minimum atomic E-state index is -0.189. The number of amides is 1. The number of aromatic nitrogens is 2. The normalized spacial score (nSPS) is 17.0. The molecule has 1 aromatic carbocycles. The molecule has 0 atom stereocenters. The van der Waals surface area contributed by atoms with Crippen molar-refractivity contribution in [3.05, 3.63) is 40.2 Å². The minimum Gasteiger partial charge on any atom is -0.378 e. The molecule has 1 aliphatic heterocycles. The Balaban J connectivity index is 1.62. The van der Waals surface area contributed by atoms with Crippen molar-refractivity contribution in [3.8, 4) is 0 Å². The van der Waals surface area contributed by atoms with E-state index in [1.54, 1.807) is 0 Å². The van der Waals surface area contributed by atoms with Crippen molar-refractivity contribution < 1.29 is 9.53 Å². The van der Waals surface area contributed by atoms with Crippen molar-refractivity contribution in [2.75, 3.05) is 36.5 Å². The number of ether oxygens (including phenoxy) is 1. The van der Waals surface area contributed by atoms with Crippen LogP contribution in [0.15, 0.2) is 18.2 Å². The Kier molecular flexibility index (Phi) is 4.16. The van der Waals surface area contributed by atoms with Crippen LogP contribution in [0, 0.1) is 0 Å². The van der Waals surface area contributed by atoms with Gasteiger partial charge in [0.15, 0.2) is 5.69 Å². The van der Waals surface area contributed by atoms with E-state index in [0.29, 0.717) is 29.6 Å². The monoisotopic (exact) mass is 346 g/mol.